The smallest absolute Gasteiger partial charge is 0.333 e. The summed E-state index contributed by atoms with van der Waals surface area (Å²) >= 11 is 0. The third kappa shape index (κ3) is 7.60. The van der Waals surface area contributed by atoms with Gasteiger partial charge in [0.2, 0.25) is 0 Å². The lowest BCUT2D eigenvalue weighted by molar-refractivity contribution is -0.0233. The molecule has 2 fully saturated rings. The van der Waals surface area contributed by atoms with E-state index in [1.54, 1.807) is 89.5 Å². The summed E-state index contributed by atoms with van der Waals surface area (Å²) in [6.45, 7) is 14.7. The van der Waals surface area contributed by atoms with Gasteiger partial charge >= 0.3 is 16.5 Å². The third-order valence-corrected chi connectivity index (χ3v) is 8.08. The highest BCUT2D eigenvalue weighted by atomic mass is 31.1. The van der Waals surface area contributed by atoms with Crippen LogP contribution in [0.25, 0.3) is 0 Å². The van der Waals surface area contributed by atoms with Gasteiger partial charge in [-0.3, -0.25) is 9.59 Å². The van der Waals surface area contributed by atoms with Gasteiger partial charge < -0.3 is 9.80 Å². The Labute approximate surface area is 214 Å². The first-order valence-electron chi connectivity index (χ1n) is 11.8. The van der Waals surface area contributed by atoms with Gasteiger partial charge in [-0.05, 0) is 73.6 Å². The molecule has 1 aromatic rings. The summed E-state index contributed by atoms with van der Waals surface area (Å²) in [5, 5.41) is 0. The van der Waals surface area contributed by atoms with Crippen LogP contribution in [0.5, 0.6) is 0 Å². The number of rotatable bonds is 2. The molecule has 36 heavy (non-hydrogen) atoms. The Bertz CT molecular complexity index is 947. The average Bonchev–Trinajstić information content (AvgIpc) is 2.67. The van der Waals surface area contributed by atoms with E-state index in [2.05, 4.69) is 0 Å². The Balaban J connectivity index is 1.88. The highest BCUT2D eigenvalue weighted by Gasteiger charge is 2.47. The molecule has 2 aliphatic rings. The van der Waals surface area contributed by atoms with Gasteiger partial charge in [0, 0.05) is 20.3 Å². The second-order valence-electron chi connectivity index (χ2n) is 11.8. The standard InChI is InChI=1S/C24H36N2O8P2/c1-21(2)13-25(14-22(3,4)32-35(29)31-21)19(27)17-10-9-11-18(12-17)20(28)26-15-23(5,6)33-36(30)34-24(7,8)16-26/h9-12H,13-16H2,1-8H3/q+2. The van der Waals surface area contributed by atoms with Gasteiger partial charge in [0.1, 0.15) is 22.4 Å². The Kier molecular flexibility index (Phi) is 8.12. The molecule has 0 aromatic heterocycles. The molecule has 2 heterocycles. The Morgan fingerprint density at radius 3 is 1.19 bits per heavy atom. The molecular formula is C24H36N2O8P2+2. The lowest BCUT2D eigenvalue weighted by Gasteiger charge is -2.36. The molecule has 2 aliphatic heterocycles. The molecule has 0 N–H and O–H groups in total. The van der Waals surface area contributed by atoms with E-state index >= 15 is 0 Å². The summed E-state index contributed by atoms with van der Waals surface area (Å²) in [7, 11) is -4.65. The second-order valence-corrected chi connectivity index (χ2v) is 13.4. The van der Waals surface area contributed by atoms with Crippen molar-refractivity contribution in [1.82, 2.24) is 9.80 Å². The highest BCUT2D eigenvalue weighted by Crippen LogP contribution is 2.40. The first-order valence-corrected chi connectivity index (χ1v) is 14.0. The molecule has 3 rings (SSSR count). The molecule has 12 heteroatoms. The number of hydrogen-bond acceptors (Lipinski definition) is 8. The zero-order chi connectivity index (χ0) is 27.1. The third-order valence-electron chi connectivity index (χ3n) is 5.50. The van der Waals surface area contributed by atoms with Gasteiger partial charge in [-0.15, -0.1) is 18.1 Å². The van der Waals surface area contributed by atoms with Crippen molar-refractivity contribution in [2.45, 2.75) is 77.8 Å². The SMILES string of the molecule is CC1(C)CN(C(=O)c2cccc(C(=O)N3CC(C)(C)O[P+](=O)OC(C)(C)C3)c2)CC(C)(C)O[P+](=O)O1. The number of carbonyl (C=O) groups excluding carboxylic acids is 2. The zero-order valence-electron chi connectivity index (χ0n) is 22.2. The van der Waals surface area contributed by atoms with E-state index in [1.165, 1.54) is 0 Å². The molecular weight excluding hydrogens is 506 g/mol. The molecule has 2 amide bonds. The Hall–Kier alpha value is -1.80. The van der Waals surface area contributed by atoms with Crippen molar-refractivity contribution in [3.05, 3.63) is 35.4 Å². The zero-order valence-corrected chi connectivity index (χ0v) is 24.0. The van der Waals surface area contributed by atoms with Crippen LogP contribution in [0.4, 0.5) is 0 Å². The summed E-state index contributed by atoms with van der Waals surface area (Å²) in [5.74, 6) is -0.598. The van der Waals surface area contributed by atoms with Crippen LogP contribution < -0.4 is 0 Å². The van der Waals surface area contributed by atoms with Crippen LogP contribution in [0.1, 0.15) is 76.1 Å². The molecule has 0 unspecified atom stereocenters. The van der Waals surface area contributed by atoms with E-state index in [4.69, 9.17) is 18.1 Å². The van der Waals surface area contributed by atoms with Gasteiger partial charge in [0.05, 0.1) is 26.2 Å². The largest absolute Gasteiger partial charge is 0.698 e. The minimum atomic E-state index is -2.33. The molecule has 0 atom stereocenters. The van der Waals surface area contributed by atoms with Gasteiger partial charge in [-0.1, -0.05) is 6.07 Å². The van der Waals surface area contributed by atoms with E-state index in [0.29, 0.717) is 11.1 Å². The van der Waals surface area contributed by atoms with Gasteiger partial charge in [0.15, 0.2) is 0 Å². The maximum absolute atomic E-state index is 13.6. The summed E-state index contributed by atoms with van der Waals surface area (Å²) in [6, 6.07) is 6.53. The number of nitrogens with zero attached hydrogens (tertiary/aromatic N) is 2. The average molecular weight is 543 g/mol. The van der Waals surface area contributed by atoms with Crippen LogP contribution in [0.15, 0.2) is 24.3 Å². The van der Waals surface area contributed by atoms with Crippen LogP contribution in [-0.4, -0.2) is 70.2 Å². The van der Waals surface area contributed by atoms with Crippen LogP contribution in [0.3, 0.4) is 0 Å². The fraction of sp³-hybridized carbons (Fsp3) is 0.667. The topological polar surface area (TPSA) is 112 Å². The van der Waals surface area contributed by atoms with E-state index in [0.717, 1.165) is 0 Å². The Morgan fingerprint density at radius 2 is 0.917 bits per heavy atom. The van der Waals surface area contributed by atoms with Crippen LogP contribution in [0, 0.1) is 0 Å². The van der Waals surface area contributed by atoms with Crippen molar-refractivity contribution in [1.29, 1.82) is 0 Å². The van der Waals surface area contributed by atoms with Gasteiger partial charge in [-0.25, -0.2) is 0 Å². The fourth-order valence-corrected chi connectivity index (χ4v) is 6.27. The molecule has 0 aliphatic carbocycles. The fourth-order valence-electron chi connectivity index (χ4n) is 4.35. The highest BCUT2D eigenvalue weighted by molar-refractivity contribution is 7.33. The van der Waals surface area contributed by atoms with E-state index in [-0.39, 0.29) is 38.0 Å². The number of hydrogen-bond donors (Lipinski definition) is 0. The maximum atomic E-state index is 13.6. The molecule has 2 saturated heterocycles. The molecule has 1 aromatic carbocycles. The van der Waals surface area contributed by atoms with Crippen molar-refractivity contribution < 1.29 is 36.8 Å². The summed E-state index contributed by atoms with van der Waals surface area (Å²) in [5.41, 5.74) is -2.91. The molecule has 0 spiro atoms. The minimum absolute atomic E-state index is 0.194. The molecule has 0 radical (unpaired) electrons. The predicted molar refractivity (Wildman–Crippen MR) is 134 cm³/mol. The van der Waals surface area contributed by atoms with Crippen molar-refractivity contribution >= 4 is 28.3 Å². The monoisotopic (exact) mass is 542 g/mol. The first kappa shape index (κ1) is 28.8. The van der Waals surface area contributed by atoms with Crippen molar-refractivity contribution in [3.8, 4) is 0 Å². The first-order chi connectivity index (χ1) is 16.4. The van der Waals surface area contributed by atoms with Crippen LogP contribution >= 0.6 is 16.5 Å². The molecule has 0 bridgehead atoms. The van der Waals surface area contributed by atoms with E-state index < -0.39 is 38.9 Å². The number of benzene rings is 1. The van der Waals surface area contributed by atoms with Crippen LogP contribution in [-0.2, 0) is 27.2 Å². The van der Waals surface area contributed by atoms with Gasteiger partial charge in [-0.2, -0.15) is 0 Å². The second kappa shape index (κ2) is 10.2. The maximum Gasteiger partial charge on any atom is 0.698 e. The number of amides is 2. The molecule has 198 valence electrons. The summed E-state index contributed by atoms with van der Waals surface area (Å²) in [6.07, 6.45) is 0. The van der Waals surface area contributed by atoms with Crippen molar-refractivity contribution in [2.24, 2.45) is 0 Å². The van der Waals surface area contributed by atoms with E-state index in [1.807, 2.05) is 0 Å². The van der Waals surface area contributed by atoms with E-state index in [9.17, 15) is 18.7 Å². The quantitative estimate of drug-likeness (QED) is 0.475. The summed E-state index contributed by atoms with van der Waals surface area (Å²) in [4.78, 5) is 30.3. The normalized spacial score (nSPS) is 23.8. The van der Waals surface area contributed by atoms with Crippen molar-refractivity contribution in [3.63, 3.8) is 0 Å². The molecule has 10 nitrogen and oxygen atoms in total. The van der Waals surface area contributed by atoms with Gasteiger partial charge in [0.25, 0.3) is 11.8 Å². The lowest BCUT2D eigenvalue weighted by Crippen LogP contribution is -2.51. The number of carbonyl (C=O) groups is 2. The lowest BCUT2D eigenvalue weighted by atomic mass is 10.0. The molecule has 0 saturated carbocycles. The predicted octanol–water partition coefficient (Wildman–Crippen LogP) is 5.09. The summed E-state index contributed by atoms with van der Waals surface area (Å²) < 4.78 is 46.4. The Morgan fingerprint density at radius 1 is 0.639 bits per heavy atom. The van der Waals surface area contributed by atoms with Crippen LogP contribution in [0.2, 0.25) is 0 Å². The minimum Gasteiger partial charge on any atom is -0.333 e. The van der Waals surface area contributed by atoms with Crippen molar-refractivity contribution in [2.75, 3.05) is 26.2 Å².